The molecule has 0 aliphatic heterocycles. The number of hydrogen-bond donors (Lipinski definition) is 1. The van der Waals surface area contributed by atoms with Gasteiger partial charge in [-0.1, -0.05) is 13.8 Å². The number of thiophene rings is 1. The molecule has 5 nitrogen and oxygen atoms in total. The number of ether oxygens (including phenoxy) is 1. The molecule has 0 bridgehead atoms. The molecular formula is C14H26N2O3S2. The Labute approximate surface area is 132 Å². The van der Waals surface area contributed by atoms with Crippen molar-refractivity contribution in [1.29, 1.82) is 0 Å². The summed E-state index contributed by atoms with van der Waals surface area (Å²) in [6.45, 7) is 8.11. The molecule has 1 atom stereocenters. The van der Waals surface area contributed by atoms with E-state index in [-0.39, 0.29) is 6.04 Å². The minimum absolute atomic E-state index is 0.179. The van der Waals surface area contributed by atoms with Gasteiger partial charge in [-0.05, 0) is 31.3 Å². The third-order valence-electron chi connectivity index (χ3n) is 3.21. The maximum atomic E-state index is 12.8. The van der Waals surface area contributed by atoms with Gasteiger partial charge in [-0.25, -0.2) is 8.42 Å². The lowest BCUT2D eigenvalue weighted by atomic mass is 10.4. The molecule has 0 aliphatic rings. The smallest absolute Gasteiger partial charge is 0.244 e. The molecule has 0 fully saturated rings. The Morgan fingerprint density at radius 2 is 2.14 bits per heavy atom. The lowest BCUT2D eigenvalue weighted by Crippen LogP contribution is -2.41. The van der Waals surface area contributed by atoms with Crippen LogP contribution >= 0.6 is 11.3 Å². The van der Waals surface area contributed by atoms with E-state index in [2.05, 4.69) is 12.2 Å². The second-order valence-corrected chi connectivity index (χ2v) is 7.76. The quantitative estimate of drug-likeness (QED) is 0.667. The number of sulfonamides is 1. The molecule has 0 saturated carbocycles. The molecule has 1 aromatic rings. The predicted octanol–water partition coefficient (Wildman–Crippen LogP) is 2.29. The first-order valence-corrected chi connectivity index (χ1v) is 9.58. The Kier molecular flexibility index (Phi) is 7.83. The zero-order valence-corrected chi connectivity index (χ0v) is 14.9. The summed E-state index contributed by atoms with van der Waals surface area (Å²) in [4.78, 5) is 1.28. The van der Waals surface area contributed by atoms with Gasteiger partial charge >= 0.3 is 0 Å². The van der Waals surface area contributed by atoms with Crippen LogP contribution in [0.3, 0.4) is 0 Å². The summed E-state index contributed by atoms with van der Waals surface area (Å²) >= 11 is 1.48. The van der Waals surface area contributed by atoms with Crippen LogP contribution in [0.1, 0.15) is 32.1 Å². The van der Waals surface area contributed by atoms with Gasteiger partial charge < -0.3 is 10.1 Å². The Balaban J connectivity index is 2.98. The fourth-order valence-corrected chi connectivity index (χ4v) is 5.25. The van der Waals surface area contributed by atoms with Gasteiger partial charge in [0.2, 0.25) is 10.0 Å². The largest absolute Gasteiger partial charge is 0.383 e. The van der Waals surface area contributed by atoms with Gasteiger partial charge in [0, 0.05) is 31.1 Å². The number of nitrogens with zero attached hydrogens (tertiary/aromatic N) is 1. The summed E-state index contributed by atoms with van der Waals surface area (Å²) in [7, 11) is -1.89. The van der Waals surface area contributed by atoms with Crippen molar-refractivity contribution in [2.45, 2.75) is 44.7 Å². The van der Waals surface area contributed by atoms with Crippen LogP contribution in [0.5, 0.6) is 0 Å². The molecule has 1 aromatic heterocycles. The number of rotatable bonds is 10. The standard InChI is InChI=1S/C14H26N2O3S2/c1-5-8-15-10-13-14(7-9-20-13)21(17,18)16(6-2)12(3)11-19-4/h7,9,12,15H,5-6,8,10-11H2,1-4H3. The second kappa shape index (κ2) is 8.85. The van der Waals surface area contributed by atoms with E-state index in [1.54, 1.807) is 13.2 Å². The zero-order chi connectivity index (χ0) is 15.9. The van der Waals surface area contributed by atoms with Crippen LogP contribution < -0.4 is 5.32 Å². The maximum Gasteiger partial charge on any atom is 0.244 e. The molecule has 0 amide bonds. The summed E-state index contributed by atoms with van der Waals surface area (Å²) in [6, 6.07) is 1.52. The van der Waals surface area contributed by atoms with Gasteiger partial charge in [-0.2, -0.15) is 4.31 Å². The van der Waals surface area contributed by atoms with Gasteiger partial charge in [0.15, 0.2) is 0 Å². The Bertz CT molecular complexity index is 514. The molecule has 0 saturated heterocycles. The average molecular weight is 335 g/mol. The molecule has 1 N–H and O–H groups in total. The van der Waals surface area contributed by atoms with Crippen molar-refractivity contribution in [3.63, 3.8) is 0 Å². The summed E-state index contributed by atoms with van der Waals surface area (Å²) < 4.78 is 32.3. The molecule has 7 heteroatoms. The highest BCUT2D eigenvalue weighted by Gasteiger charge is 2.30. The first-order chi connectivity index (χ1) is 9.98. The molecular weight excluding hydrogens is 308 g/mol. The fraction of sp³-hybridized carbons (Fsp3) is 0.714. The molecule has 21 heavy (non-hydrogen) atoms. The van der Waals surface area contributed by atoms with E-state index in [0.717, 1.165) is 17.8 Å². The van der Waals surface area contributed by atoms with Gasteiger partial charge in [0.25, 0.3) is 0 Å². The molecule has 0 aromatic carbocycles. The molecule has 0 aliphatic carbocycles. The van der Waals surface area contributed by atoms with Crippen LogP contribution in [-0.2, 0) is 21.3 Å². The molecule has 1 rings (SSSR count). The van der Waals surface area contributed by atoms with Crippen molar-refractivity contribution in [2.24, 2.45) is 0 Å². The van der Waals surface area contributed by atoms with Crippen LogP contribution in [0, 0.1) is 0 Å². The summed E-state index contributed by atoms with van der Waals surface area (Å²) in [6.07, 6.45) is 1.03. The van der Waals surface area contributed by atoms with Gasteiger partial charge in [-0.15, -0.1) is 11.3 Å². The third-order valence-corrected chi connectivity index (χ3v) is 6.44. The Morgan fingerprint density at radius 1 is 1.43 bits per heavy atom. The van der Waals surface area contributed by atoms with Gasteiger partial charge in [0.1, 0.15) is 0 Å². The third kappa shape index (κ3) is 4.75. The number of hydrogen-bond acceptors (Lipinski definition) is 5. The van der Waals surface area contributed by atoms with Crippen LogP contribution in [0.25, 0.3) is 0 Å². The van der Waals surface area contributed by atoms with Crippen LogP contribution in [0.15, 0.2) is 16.3 Å². The van der Waals surface area contributed by atoms with Crippen LogP contribution in [0.4, 0.5) is 0 Å². The fourth-order valence-electron chi connectivity index (χ4n) is 2.24. The van der Waals surface area contributed by atoms with Crippen molar-refractivity contribution in [3.8, 4) is 0 Å². The van der Waals surface area contributed by atoms with Crippen LogP contribution in [-0.4, -0.2) is 45.6 Å². The number of nitrogens with one attached hydrogen (secondary N) is 1. The summed E-state index contributed by atoms with van der Waals surface area (Å²) in [5.41, 5.74) is 0. The second-order valence-electron chi connectivity index (χ2n) is 4.90. The van der Waals surface area contributed by atoms with Gasteiger partial charge in [-0.3, -0.25) is 0 Å². The molecule has 1 unspecified atom stereocenters. The summed E-state index contributed by atoms with van der Waals surface area (Å²) in [5, 5.41) is 5.10. The highest BCUT2D eigenvalue weighted by molar-refractivity contribution is 7.89. The van der Waals surface area contributed by atoms with Gasteiger partial charge in [0.05, 0.1) is 11.5 Å². The van der Waals surface area contributed by atoms with E-state index in [0.29, 0.717) is 24.6 Å². The predicted molar refractivity (Wildman–Crippen MR) is 87.2 cm³/mol. The van der Waals surface area contributed by atoms with Crippen molar-refractivity contribution in [2.75, 3.05) is 26.8 Å². The molecule has 0 spiro atoms. The van der Waals surface area contributed by atoms with E-state index in [1.807, 2.05) is 19.2 Å². The first kappa shape index (κ1) is 18.6. The monoisotopic (exact) mass is 334 g/mol. The highest BCUT2D eigenvalue weighted by Crippen LogP contribution is 2.26. The van der Waals surface area contributed by atoms with Crippen molar-refractivity contribution < 1.29 is 13.2 Å². The van der Waals surface area contributed by atoms with Crippen LogP contribution in [0.2, 0.25) is 0 Å². The van der Waals surface area contributed by atoms with Crippen molar-refractivity contribution >= 4 is 21.4 Å². The number of methoxy groups -OCH3 is 1. The lowest BCUT2D eigenvalue weighted by Gasteiger charge is -2.26. The number of likely N-dealkylation sites (N-methyl/N-ethyl adjacent to an activating group) is 1. The Hall–Kier alpha value is -0.470. The molecule has 0 radical (unpaired) electrons. The topological polar surface area (TPSA) is 58.6 Å². The normalized spacial score (nSPS) is 13.8. The Morgan fingerprint density at radius 3 is 2.71 bits per heavy atom. The molecule has 122 valence electrons. The van der Waals surface area contributed by atoms with E-state index in [1.165, 1.54) is 15.6 Å². The van der Waals surface area contributed by atoms with E-state index in [9.17, 15) is 8.42 Å². The van der Waals surface area contributed by atoms with E-state index < -0.39 is 10.0 Å². The minimum Gasteiger partial charge on any atom is -0.383 e. The lowest BCUT2D eigenvalue weighted by molar-refractivity contribution is 0.142. The zero-order valence-electron chi connectivity index (χ0n) is 13.3. The highest BCUT2D eigenvalue weighted by atomic mass is 32.2. The average Bonchev–Trinajstić information content (AvgIpc) is 2.89. The minimum atomic E-state index is -3.47. The SMILES string of the molecule is CCCNCc1sccc1S(=O)(=O)N(CC)C(C)COC. The maximum absolute atomic E-state index is 12.8. The first-order valence-electron chi connectivity index (χ1n) is 7.26. The van der Waals surface area contributed by atoms with E-state index in [4.69, 9.17) is 4.74 Å². The van der Waals surface area contributed by atoms with E-state index >= 15 is 0 Å². The van der Waals surface area contributed by atoms with Crippen molar-refractivity contribution in [1.82, 2.24) is 9.62 Å². The van der Waals surface area contributed by atoms with Crippen molar-refractivity contribution in [3.05, 3.63) is 16.3 Å². The summed E-state index contributed by atoms with van der Waals surface area (Å²) in [5.74, 6) is 0. The molecule has 1 heterocycles.